The van der Waals surface area contributed by atoms with Gasteiger partial charge in [0.25, 0.3) is 5.91 Å². The molecule has 0 fully saturated rings. The van der Waals surface area contributed by atoms with Gasteiger partial charge in [0.05, 0.1) is 17.5 Å². The minimum absolute atomic E-state index is 0.0900. The average Bonchev–Trinajstić information content (AvgIpc) is 3.48. The van der Waals surface area contributed by atoms with Crippen molar-refractivity contribution in [3.05, 3.63) is 76.9 Å². The summed E-state index contributed by atoms with van der Waals surface area (Å²) < 4.78 is 1.83. The summed E-state index contributed by atoms with van der Waals surface area (Å²) in [7, 11) is 1.84. The lowest BCUT2D eigenvalue weighted by atomic mass is 10.0. The number of hydrogen-bond donors (Lipinski definition) is 2. The molecule has 0 unspecified atom stereocenters. The Balaban J connectivity index is 1.37. The SMILES string of the molecule is Cc1ccc(C(=O)N[C@H](c2nnc(SCC(=O)Nc3nc(-c4ccccc4)cs3)n2C)C(C)C)cc1. The molecule has 8 nitrogen and oxygen atoms in total. The van der Waals surface area contributed by atoms with Crippen molar-refractivity contribution in [2.45, 2.75) is 32.0 Å². The van der Waals surface area contributed by atoms with Crippen molar-refractivity contribution in [2.75, 3.05) is 11.1 Å². The van der Waals surface area contributed by atoms with Crippen molar-refractivity contribution in [2.24, 2.45) is 13.0 Å². The van der Waals surface area contributed by atoms with Gasteiger partial charge in [-0.25, -0.2) is 4.98 Å². The normalized spacial score (nSPS) is 11.9. The number of carbonyl (C=O) groups is 2. The number of thioether (sulfide) groups is 1. The van der Waals surface area contributed by atoms with Gasteiger partial charge >= 0.3 is 0 Å². The van der Waals surface area contributed by atoms with Gasteiger partial charge in [-0.15, -0.1) is 21.5 Å². The third-order valence-electron chi connectivity index (χ3n) is 5.57. The highest BCUT2D eigenvalue weighted by Crippen LogP contribution is 2.26. The lowest BCUT2D eigenvalue weighted by Crippen LogP contribution is -2.33. The van der Waals surface area contributed by atoms with Gasteiger partial charge in [-0.2, -0.15) is 0 Å². The number of aromatic nitrogens is 4. The highest BCUT2D eigenvalue weighted by molar-refractivity contribution is 7.99. The number of nitrogens with one attached hydrogen (secondary N) is 2. The van der Waals surface area contributed by atoms with Gasteiger partial charge in [-0.05, 0) is 25.0 Å². The first-order valence-electron chi connectivity index (χ1n) is 11.5. The second-order valence-corrected chi connectivity index (χ2v) is 10.5. The Morgan fingerprint density at radius 2 is 1.78 bits per heavy atom. The summed E-state index contributed by atoms with van der Waals surface area (Å²) in [4.78, 5) is 29.9. The average molecular weight is 521 g/mol. The minimum atomic E-state index is -0.328. The van der Waals surface area contributed by atoms with E-state index in [1.165, 1.54) is 23.1 Å². The highest BCUT2D eigenvalue weighted by Gasteiger charge is 2.25. The molecule has 0 aliphatic carbocycles. The summed E-state index contributed by atoms with van der Waals surface area (Å²) in [6, 6.07) is 16.9. The Morgan fingerprint density at radius 3 is 2.47 bits per heavy atom. The number of amides is 2. The molecule has 2 amide bonds. The Morgan fingerprint density at radius 1 is 1.06 bits per heavy atom. The summed E-state index contributed by atoms with van der Waals surface area (Å²) in [6.07, 6.45) is 0. The molecule has 36 heavy (non-hydrogen) atoms. The number of benzene rings is 2. The van der Waals surface area contributed by atoms with E-state index in [0.29, 0.717) is 21.7 Å². The molecule has 2 N–H and O–H groups in total. The predicted octanol–water partition coefficient (Wildman–Crippen LogP) is 5.10. The van der Waals surface area contributed by atoms with Crippen LogP contribution in [0.4, 0.5) is 5.13 Å². The lowest BCUT2D eigenvalue weighted by molar-refractivity contribution is -0.113. The van der Waals surface area contributed by atoms with Crippen molar-refractivity contribution >= 4 is 40.0 Å². The van der Waals surface area contributed by atoms with Crippen LogP contribution in [0.2, 0.25) is 0 Å². The molecule has 10 heteroatoms. The fraction of sp³-hybridized carbons (Fsp3) is 0.269. The second-order valence-electron chi connectivity index (χ2n) is 8.70. The molecule has 0 aliphatic rings. The maximum absolute atomic E-state index is 12.8. The molecule has 4 rings (SSSR count). The molecular formula is C26H28N6O2S2. The summed E-state index contributed by atoms with van der Waals surface area (Å²) in [5.74, 6) is 0.553. The standard InChI is InChI=1S/C26H28N6O2S2/c1-16(2)22(29-24(34)19-12-10-17(3)11-13-19)23-30-31-26(32(23)4)36-15-21(33)28-25-27-20(14-35-25)18-8-6-5-7-9-18/h5-14,16,22H,15H2,1-4H3,(H,29,34)(H,27,28,33)/t22-/m0/s1. The van der Waals surface area contributed by atoms with Gasteiger partial charge in [-0.3, -0.25) is 9.59 Å². The fourth-order valence-electron chi connectivity index (χ4n) is 3.54. The summed E-state index contributed by atoms with van der Waals surface area (Å²) in [6.45, 7) is 6.02. The first kappa shape index (κ1) is 25.6. The molecule has 0 bridgehead atoms. The maximum atomic E-state index is 12.8. The van der Waals surface area contributed by atoms with Gasteiger partial charge in [0.15, 0.2) is 16.1 Å². The van der Waals surface area contributed by atoms with Crippen LogP contribution >= 0.6 is 23.1 Å². The van der Waals surface area contributed by atoms with Gasteiger partial charge in [0.1, 0.15) is 0 Å². The van der Waals surface area contributed by atoms with Gasteiger partial charge in [-0.1, -0.05) is 73.6 Å². The van der Waals surface area contributed by atoms with Crippen LogP contribution in [0.1, 0.15) is 41.6 Å². The van der Waals surface area contributed by atoms with Crippen LogP contribution in [-0.4, -0.2) is 37.3 Å². The summed E-state index contributed by atoms with van der Waals surface area (Å²) >= 11 is 2.67. The Kier molecular flexibility index (Phi) is 8.17. The van der Waals surface area contributed by atoms with E-state index in [0.717, 1.165) is 16.8 Å². The zero-order valence-corrected chi connectivity index (χ0v) is 22.2. The number of anilines is 1. The molecule has 0 aliphatic heterocycles. The van der Waals surface area contributed by atoms with E-state index < -0.39 is 0 Å². The molecule has 0 saturated heterocycles. The van der Waals surface area contributed by atoms with E-state index >= 15 is 0 Å². The molecular weight excluding hydrogens is 492 g/mol. The smallest absolute Gasteiger partial charge is 0.251 e. The molecule has 186 valence electrons. The van der Waals surface area contributed by atoms with E-state index in [1.54, 1.807) is 0 Å². The third kappa shape index (κ3) is 6.19. The van der Waals surface area contributed by atoms with Gasteiger partial charge < -0.3 is 15.2 Å². The monoisotopic (exact) mass is 520 g/mol. The third-order valence-corrected chi connectivity index (χ3v) is 7.34. The highest BCUT2D eigenvalue weighted by atomic mass is 32.2. The molecule has 2 heterocycles. The minimum Gasteiger partial charge on any atom is -0.342 e. The number of rotatable bonds is 9. The van der Waals surface area contributed by atoms with Crippen molar-refractivity contribution in [1.82, 2.24) is 25.1 Å². The Labute approximate surface area is 218 Å². The van der Waals surface area contributed by atoms with Crippen LogP contribution < -0.4 is 10.6 Å². The fourth-order valence-corrected chi connectivity index (χ4v) is 4.99. The first-order valence-corrected chi connectivity index (χ1v) is 13.4. The number of nitrogens with zero attached hydrogens (tertiary/aromatic N) is 4. The van der Waals surface area contributed by atoms with E-state index in [1.807, 2.05) is 92.4 Å². The zero-order valence-electron chi connectivity index (χ0n) is 20.6. The molecule has 1 atom stereocenters. The van der Waals surface area contributed by atoms with Crippen molar-refractivity contribution < 1.29 is 9.59 Å². The van der Waals surface area contributed by atoms with Gasteiger partial charge in [0, 0.05) is 23.6 Å². The predicted molar refractivity (Wildman–Crippen MR) is 144 cm³/mol. The molecule has 0 spiro atoms. The van der Waals surface area contributed by atoms with Crippen LogP contribution in [0.5, 0.6) is 0 Å². The van der Waals surface area contributed by atoms with Crippen LogP contribution in [0.3, 0.4) is 0 Å². The zero-order chi connectivity index (χ0) is 25.7. The molecule has 0 saturated carbocycles. The summed E-state index contributed by atoms with van der Waals surface area (Å²) in [5.41, 5.74) is 3.52. The second kappa shape index (κ2) is 11.5. The van der Waals surface area contributed by atoms with Crippen molar-refractivity contribution in [1.29, 1.82) is 0 Å². The van der Waals surface area contributed by atoms with Crippen LogP contribution in [-0.2, 0) is 11.8 Å². The van der Waals surface area contributed by atoms with E-state index in [4.69, 9.17) is 0 Å². The topological polar surface area (TPSA) is 102 Å². The van der Waals surface area contributed by atoms with Crippen LogP contribution in [0.15, 0.2) is 65.1 Å². The Bertz CT molecular complexity index is 1330. The van der Waals surface area contributed by atoms with E-state index in [2.05, 4.69) is 25.8 Å². The van der Waals surface area contributed by atoms with Crippen LogP contribution in [0.25, 0.3) is 11.3 Å². The number of carbonyl (C=O) groups excluding carboxylic acids is 2. The van der Waals surface area contributed by atoms with E-state index in [9.17, 15) is 9.59 Å². The number of thiazole rings is 1. The van der Waals surface area contributed by atoms with Gasteiger partial charge in [0.2, 0.25) is 5.91 Å². The maximum Gasteiger partial charge on any atom is 0.251 e. The van der Waals surface area contributed by atoms with Crippen LogP contribution in [0, 0.1) is 12.8 Å². The molecule has 2 aromatic heterocycles. The molecule has 2 aromatic carbocycles. The number of hydrogen-bond acceptors (Lipinski definition) is 7. The van der Waals surface area contributed by atoms with Crippen molar-refractivity contribution in [3.63, 3.8) is 0 Å². The largest absolute Gasteiger partial charge is 0.342 e. The Hall–Kier alpha value is -3.50. The molecule has 4 aromatic rings. The number of aryl methyl sites for hydroxylation is 1. The summed E-state index contributed by atoms with van der Waals surface area (Å²) in [5, 5.41) is 17.6. The first-order chi connectivity index (χ1) is 17.3. The molecule has 0 radical (unpaired) electrons. The lowest BCUT2D eigenvalue weighted by Gasteiger charge is -2.21. The quantitative estimate of drug-likeness (QED) is 0.298. The van der Waals surface area contributed by atoms with E-state index in [-0.39, 0.29) is 29.5 Å². The van der Waals surface area contributed by atoms with Crippen molar-refractivity contribution in [3.8, 4) is 11.3 Å².